The molecule has 1 aliphatic rings. The van der Waals surface area contributed by atoms with E-state index in [0.29, 0.717) is 6.61 Å². The lowest BCUT2D eigenvalue weighted by molar-refractivity contribution is -0.148. The molecule has 19 heavy (non-hydrogen) atoms. The molecule has 0 amide bonds. The Morgan fingerprint density at radius 1 is 1.37 bits per heavy atom. The fourth-order valence-corrected chi connectivity index (χ4v) is 3.34. The van der Waals surface area contributed by atoms with E-state index in [9.17, 15) is 4.79 Å². The number of methoxy groups -OCH3 is 1. The Morgan fingerprint density at radius 3 is 2.42 bits per heavy atom. The zero-order valence-corrected chi connectivity index (χ0v) is 14.3. The molecule has 1 saturated heterocycles. The molecular weight excluding hydrogens is 260 g/mol. The van der Waals surface area contributed by atoms with Gasteiger partial charge in [-0.1, -0.05) is 20.8 Å². The van der Waals surface area contributed by atoms with Gasteiger partial charge >= 0.3 is 5.97 Å². The Morgan fingerprint density at radius 2 is 1.95 bits per heavy atom. The monoisotopic (exact) mass is 288 g/mol. The topological polar surface area (TPSA) is 44.8 Å². The number of ether oxygens (including phenoxy) is 2. The number of carbonyl (C=O) groups is 1. The Balaban J connectivity index is 2.56. The van der Waals surface area contributed by atoms with Crippen LogP contribution in [0.15, 0.2) is 0 Å². The van der Waals surface area contributed by atoms with Crippen LogP contribution in [0.5, 0.6) is 0 Å². The van der Waals surface area contributed by atoms with Gasteiger partial charge in [-0.2, -0.15) is 0 Å². The van der Waals surface area contributed by atoms with Crippen molar-refractivity contribution in [3.8, 4) is 0 Å². The molecule has 0 radical (unpaired) electrons. The SMILES string of the molecule is COC(=O)[C@@H](C)[C@H]1C[C@H](O[Si](C)(C)C(C)(C)C)CO1. The summed E-state index contributed by atoms with van der Waals surface area (Å²) in [6.45, 7) is 13.6. The van der Waals surface area contributed by atoms with E-state index in [2.05, 4.69) is 33.9 Å². The van der Waals surface area contributed by atoms with Crippen LogP contribution >= 0.6 is 0 Å². The molecule has 0 aromatic carbocycles. The van der Waals surface area contributed by atoms with Crippen molar-refractivity contribution in [3.05, 3.63) is 0 Å². The second-order valence-electron chi connectivity index (χ2n) is 6.92. The average molecular weight is 288 g/mol. The zero-order valence-electron chi connectivity index (χ0n) is 13.3. The third-order valence-electron chi connectivity index (χ3n) is 4.39. The fourth-order valence-electron chi connectivity index (χ4n) is 1.99. The molecule has 1 rings (SSSR count). The third kappa shape index (κ3) is 4.03. The molecule has 0 aliphatic carbocycles. The summed E-state index contributed by atoms with van der Waals surface area (Å²) in [4.78, 5) is 11.5. The summed E-state index contributed by atoms with van der Waals surface area (Å²) in [7, 11) is -0.352. The van der Waals surface area contributed by atoms with Gasteiger partial charge in [0.2, 0.25) is 0 Å². The lowest BCUT2D eigenvalue weighted by Crippen LogP contribution is -2.44. The maximum Gasteiger partial charge on any atom is 0.311 e. The van der Waals surface area contributed by atoms with Gasteiger partial charge in [0.05, 0.1) is 31.8 Å². The Labute approximate surface area is 117 Å². The van der Waals surface area contributed by atoms with Gasteiger partial charge in [0.25, 0.3) is 0 Å². The molecule has 0 bridgehead atoms. The highest BCUT2D eigenvalue weighted by Crippen LogP contribution is 2.39. The molecule has 4 nitrogen and oxygen atoms in total. The first kappa shape index (κ1) is 16.7. The van der Waals surface area contributed by atoms with Crippen LogP contribution in [0.3, 0.4) is 0 Å². The molecule has 1 heterocycles. The smallest absolute Gasteiger partial charge is 0.311 e. The Kier molecular flexibility index (Phi) is 5.20. The van der Waals surface area contributed by atoms with E-state index in [4.69, 9.17) is 13.9 Å². The number of hydrogen-bond acceptors (Lipinski definition) is 4. The van der Waals surface area contributed by atoms with Crippen molar-refractivity contribution in [1.82, 2.24) is 0 Å². The maximum absolute atomic E-state index is 11.5. The van der Waals surface area contributed by atoms with E-state index >= 15 is 0 Å². The summed E-state index contributed by atoms with van der Waals surface area (Å²) in [5.41, 5.74) is 0. The first-order chi connectivity index (χ1) is 8.58. The van der Waals surface area contributed by atoms with Crippen LogP contribution in [-0.4, -0.2) is 40.2 Å². The van der Waals surface area contributed by atoms with Crippen molar-refractivity contribution in [3.63, 3.8) is 0 Å². The molecule has 0 unspecified atom stereocenters. The molecule has 5 heteroatoms. The minimum Gasteiger partial charge on any atom is -0.469 e. The van der Waals surface area contributed by atoms with Crippen LogP contribution in [0, 0.1) is 5.92 Å². The highest BCUT2D eigenvalue weighted by Gasteiger charge is 2.42. The Bertz CT molecular complexity index is 322. The molecule has 112 valence electrons. The van der Waals surface area contributed by atoms with Gasteiger partial charge in [-0.05, 0) is 25.1 Å². The van der Waals surface area contributed by atoms with E-state index < -0.39 is 8.32 Å². The normalized spacial score (nSPS) is 26.3. The Hall–Kier alpha value is -0.393. The largest absolute Gasteiger partial charge is 0.469 e. The van der Waals surface area contributed by atoms with Crippen molar-refractivity contribution in [2.75, 3.05) is 13.7 Å². The number of esters is 1. The molecule has 0 saturated carbocycles. The molecule has 1 aliphatic heterocycles. The van der Waals surface area contributed by atoms with E-state index in [1.54, 1.807) is 0 Å². The molecule has 1 fully saturated rings. The lowest BCUT2D eigenvalue weighted by Gasteiger charge is -2.38. The second kappa shape index (κ2) is 5.93. The lowest BCUT2D eigenvalue weighted by atomic mass is 10.0. The van der Waals surface area contributed by atoms with Gasteiger partial charge in [-0.25, -0.2) is 0 Å². The number of carbonyl (C=O) groups excluding carboxylic acids is 1. The van der Waals surface area contributed by atoms with Crippen LogP contribution < -0.4 is 0 Å². The van der Waals surface area contributed by atoms with Gasteiger partial charge in [-0.3, -0.25) is 4.79 Å². The zero-order chi connectivity index (χ0) is 14.8. The summed E-state index contributed by atoms with van der Waals surface area (Å²) in [6.07, 6.45) is 0.809. The van der Waals surface area contributed by atoms with Gasteiger partial charge in [0.15, 0.2) is 8.32 Å². The van der Waals surface area contributed by atoms with E-state index in [1.165, 1.54) is 7.11 Å². The molecule has 0 spiro atoms. The summed E-state index contributed by atoms with van der Waals surface area (Å²) in [6, 6.07) is 0. The van der Waals surface area contributed by atoms with Crippen LogP contribution in [0.1, 0.15) is 34.1 Å². The van der Waals surface area contributed by atoms with E-state index in [0.717, 1.165) is 6.42 Å². The summed E-state index contributed by atoms with van der Waals surface area (Å²) in [5.74, 6) is -0.434. The predicted molar refractivity (Wildman–Crippen MR) is 77.6 cm³/mol. The van der Waals surface area contributed by atoms with Crippen molar-refractivity contribution in [2.45, 2.75) is 64.5 Å². The van der Waals surface area contributed by atoms with Gasteiger partial charge in [0, 0.05) is 6.42 Å². The second-order valence-corrected chi connectivity index (χ2v) is 11.7. The van der Waals surface area contributed by atoms with Gasteiger partial charge < -0.3 is 13.9 Å². The molecular formula is C14H28O4Si. The van der Waals surface area contributed by atoms with Crippen LogP contribution in [0.4, 0.5) is 0 Å². The van der Waals surface area contributed by atoms with Gasteiger partial charge in [-0.15, -0.1) is 0 Å². The highest BCUT2D eigenvalue weighted by atomic mass is 28.4. The maximum atomic E-state index is 11.5. The van der Waals surface area contributed by atoms with E-state index in [-0.39, 0.29) is 29.1 Å². The third-order valence-corrected chi connectivity index (χ3v) is 8.92. The average Bonchev–Trinajstić information content (AvgIpc) is 2.73. The van der Waals surface area contributed by atoms with Crippen LogP contribution in [0.25, 0.3) is 0 Å². The van der Waals surface area contributed by atoms with Crippen LogP contribution in [-0.2, 0) is 18.7 Å². The van der Waals surface area contributed by atoms with Crippen molar-refractivity contribution >= 4 is 14.3 Å². The highest BCUT2D eigenvalue weighted by molar-refractivity contribution is 6.74. The number of hydrogen-bond donors (Lipinski definition) is 0. The number of rotatable bonds is 4. The van der Waals surface area contributed by atoms with Gasteiger partial charge in [0.1, 0.15) is 0 Å². The van der Waals surface area contributed by atoms with Crippen LogP contribution in [0.2, 0.25) is 18.1 Å². The first-order valence-corrected chi connectivity index (χ1v) is 9.86. The summed E-state index contributed by atoms with van der Waals surface area (Å²) >= 11 is 0. The molecule has 3 atom stereocenters. The minimum atomic E-state index is -1.77. The molecule has 0 aromatic rings. The molecule has 0 aromatic heterocycles. The summed E-state index contributed by atoms with van der Waals surface area (Å²) < 4.78 is 16.8. The quantitative estimate of drug-likeness (QED) is 0.589. The van der Waals surface area contributed by atoms with Crippen molar-refractivity contribution in [2.24, 2.45) is 5.92 Å². The fraction of sp³-hybridized carbons (Fsp3) is 0.929. The van der Waals surface area contributed by atoms with Crippen molar-refractivity contribution < 1.29 is 18.7 Å². The molecule has 0 N–H and O–H groups in total. The van der Waals surface area contributed by atoms with E-state index in [1.807, 2.05) is 6.92 Å². The van der Waals surface area contributed by atoms with Crippen molar-refractivity contribution in [1.29, 1.82) is 0 Å². The minimum absolute atomic E-state index is 0.0813. The standard InChI is InChI=1S/C14H28O4Si/c1-10(13(15)16-5)12-8-11(9-17-12)18-19(6,7)14(2,3)4/h10-12H,8-9H2,1-7H3/t10-,11-,12+/m0/s1. The predicted octanol–water partition coefficient (Wildman–Crippen LogP) is 2.97. The first-order valence-electron chi connectivity index (χ1n) is 6.95. The summed E-state index contributed by atoms with van der Waals surface area (Å²) in [5, 5.41) is 0.194.